The molecule has 30 heavy (non-hydrogen) atoms. The Morgan fingerprint density at radius 2 is 1.23 bits per heavy atom. The van der Waals surface area contributed by atoms with Gasteiger partial charge in [-0.05, 0) is 31.4 Å². The molecule has 4 heteroatoms. The second-order valence-corrected chi connectivity index (χ2v) is 8.27. The highest BCUT2D eigenvalue weighted by molar-refractivity contribution is 5.53. The van der Waals surface area contributed by atoms with Crippen molar-refractivity contribution in [2.24, 2.45) is 0 Å². The van der Waals surface area contributed by atoms with Crippen molar-refractivity contribution < 1.29 is 4.74 Å². The van der Waals surface area contributed by atoms with E-state index < -0.39 is 0 Å². The highest BCUT2D eigenvalue weighted by atomic mass is 16.5. The first-order chi connectivity index (χ1) is 14.8. The van der Waals surface area contributed by atoms with Gasteiger partial charge in [0.2, 0.25) is 0 Å². The minimum atomic E-state index is 0.705. The first-order valence-electron chi connectivity index (χ1n) is 12.2. The van der Waals surface area contributed by atoms with Gasteiger partial charge in [-0.2, -0.15) is 0 Å². The van der Waals surface area contributed by atoms with E-state index in [1.807, 2.05) is 6.20 Å². The molecule has 0 unspecified atom stereocenters. The summed E-state index contributed by atoms with van der Waals surface area (Å²) in [6.45, 7) is 5.25. The maximum absolute atomic E-state index is 5.78. The lowest BCUT2D eigenvalue weighted by Crippen LogP contribution is -1.99. The highest BCUT2D eigenvalue weighted by Crippen LogP contribution is 2.17. The average molecular weight is 412 g/mol. The molecule has 0 saturated heterocycles. The molecule has 0 aliphatic rings. The summed E-state index contributed by atoms with van der Waals surface area (Å²) < 4.78 is 5.78. The molecule has 0 amide bonds. The number of unbranched alkanes of at least 4 members (excludes halogenated alkanes) is 11. The van der Waals surface area contributed by atoms with E-state index in [9.17, 15) is 0 Å². The number of rotatable bonds is 17. The van der Waals surface area contributed by atoms with Crippen LogP contribution in [-0.2, 0) is 6.42 Å². The van der Waals surface area contributed by atoms with Crippen LogP contribution in [0.15, 0.2) is 30.7 Å². The zero-order chi connectivity index (χ0) is 21.3. The first kappa shape index (κ1) is 24.3. The average Bonchev–Trinajstić information content (AvgIpc) is 2.79. The lowest BCUT2D eigenvalue weighted by atomic mass is 10.1. The van der Waals surface area contributed by atoms with Gasteiger partial charge in [-0.3, -0.25) is 4.98 Å². The molecule has 0 aromatic carbocycles. The quantitative estimate of drug-likeness (QED) is 0.252. The molecule has 2 heterocycles. The van der Waals surface area contributed by atoms with Crippen LogP contribution in [0.1, 0.15) is 103 Å². The third kappa shape index (κ3) is 10.2. The molecule has 2 aromatic heterocycles. The van der Waals surface area contributed by atoms with E-state index in [-0.39, 0.29) is 0 Å². The molecule has 0 bridgehead atoms. The lowest BCUT2D eigenvalue weighted by molar-refractivity contribution is 0.302. The van der Waals surface area contributed by atoms with Gasteiger partial charge in [-0.15, -0.1) is 0 Å². The van der Waals surface area contributed by atoms with E-state index in [1.165, 1.54) is 77.0 Å². The minimum Gasteiger partial charge on any atom is -0.490 e. The van der Waals surface area contributed by atoms with Crippen LogP contribution in [0, 0.1) is 0 Å². The predicted molar refractivity (Wildman–Crippen MR) is 126 cm³/mol. The summed E-state index contributed by atoms with van der Waals surface area (Å²) in [5, 5.41) is 0. The molecule has 2 aromatic rings. The summed E-state index contributed by atoms with van der Waals surface area (Å²) in [6.07, 6.45) is 23.4. The van der Waals surface area contributed by atoms with Crippen LogP contribution in [-0.4, -0.2) is 21.6 Å². The SMILES string of the molecule is CCCCCCCCCOc1cnc(-c2ccc(CCCCCCCC)nc2)nc1. The number of pyridine rings is 1. The maximum Gasteiger partial charge on any atom is 0.160 e. The topological polar surface area (TPSA) is 47.9 Å². The van der Waals surface area contributed by atoms with Crippen LogP contribution in [0.5, 0.6) is 5.75 Å². The van der Waals surface area contributed by atoms with Gasteiger partial charge in [0.15, 0.2) is 11.6 Å². The Hall–Kier alpha value is -1.97. The first-order valence-corrected chi connectivity index (χ1v) is 12.2. The van der Waals surface area contributed by atoms with Gasteiger partial charge in [-0.1, -0.05) is 84.5 Å². The fraction of sp³-hybridized carbons (Fsp3) is 0.654. The third-order valence-corrected chi connectivity index (χ3v) is 5.51. The summed E-state index contributed by atoms with van der Waals surface area (Å²) >= 11 is 0. The van der Waals surface area contributed by atoms with Crippen LogP contribution < -0.4 is 4.74 Å². The van der Waals surface area contributed by atoms with Gasteiger partial charge in [-0.25, -0.2) is 9.97 Å². The van der Waals surface area contributed by atoms with Crippen molar-refractivity contribution in [3.8, 4) is 17.1 Å². The van der Waals surface area contributed by atoms with Gasteiger partial charge < -0.3 is 4.74 Å². The fourth-order valence-electron chi connectivity index (χ4n) is 3.58. The Kier molecular flexibility index (Phi) is 12.8. The van der Waals surface area contributed by atoms with Crippen LogP contribution in [0.4, 0.5) is 0 Å². The van der Waals surface area contributed by atoms with Crippen LogP contribution in [0.25, 0.3) is 11.4 Å². The maximum atomic E-state index is 5.78. The smallest absolute Gasteiger partial charge is 0.160 e. The molecule has 0 aliphatic heterocycles. The summed E-state index contributed by atoms with van der Waals surface area (Å²) in [4.78, 5) is 13.5. The van der Waals surface area contributed by atoms with E-state index in [0.29, 0.717) is 5.82 Å². The van der Waals surface area contributed by atoms with Crippen molar-refractivity contribution in [2.45, 2.75) is 104 Å². The van der Waals surface area contributed by atoms with E-state index in [2.05, 4.69) is 40.9 Å². The van der Waals surface area contributed by atoms with Crippen molar-refractivity contribution in [1.82, 2.24) is 15.0 Å². The van der Waals surface area contributed by atoms with E-state index in [0.717, 1.165) is 36.5 Å². The molecule has 0 saturated carbocycles. The molecule has 0 fully saturated rings. The van der Waals surface area contributed by atoms with Crippen molar-refractivity contribution >= 4 is 0 Å². The summed E-state index contributed by atoms with van der Waals surface area (Å²) in [5.74, 6) is 1.45. The van der Waals surface area contributed by atoms with Crippen molar-refractivity contribution in [2.75, 3.05) is 6.61 Å². The Morgan fingerprint density at radius 3 is 1.83 bits per heavy atom. The molecule has 0 radical (unpaired) electrons. The summed E-state index contributed by atoms with van der Waals surface area (Å²) in [6, 6.07) is 4.18. The van der Waals surface area contributed by atoms with Crippen molar-refractivity contribution in [3.05, 3.63) is 36.4 Å². The molecule has 2 rings (SSSR count). The second-order valence-electron chi connectivity index (χ2n) is 8.27. The second kappa shape index (κ2) is 15.8. The summed E-state index contributed by atoms with van der Waals surface area (Å²) in [5.41, 5.74) is 2.12. The zero-order valence-electron chi connectivity index (χ0n) is 19.2. The van der Waals surface area contributed by atoms with Gasteiger partial charge in [0, 0.05) is 17.5 Å². The van der Waals surface area contributed by atoms with Crippen molar-refractivity contribution in [3.63, 3.8) is 0 Å². The molecule has 0 N–H and O–H groups in total. The third-order valence-electron chi connectivity index (χ3n) is 5.51. The number of aryl methyl sites for hydroxylation is 1. The largest absolute Gasteiger partial charge is 0.490 e. The lowest BCUT2D eigenvalue weighted by Gasteiger charge is -2.07. The highest BCUT2D eigenvalue weighted by Gasteiger charge is 2.04. The Morgan fingerprint density at radius 1 is 0.633 bits per heavy atom. The Balaban J connectivity index is 1.65. The molecule has 0 atom stereocenters. The fourth-order valence-corrected chi connectivity index (χ4v) is 3.58. The normalized spacial score (nSPS) is 11.0. The number of ether oxygens (including phenoxy) is 1. The van der Waals surface area contributed by atoms with Gasteiger partial charge in [0.25, 0.3) is 0 Å². The summed E-state index contributed by atoms with van der Waals surface area (Å²) in [7, 11) is 0. The standard InChI is InChI=1S/C26H41N3O/c1-3-5-7-9-11-13-15-19-30-25-21-28-26(29-22-25)23-17-18-24(27-20-23)16-14-12-10-8-6-4-2/h17-18,20-22H,3-16,19H2,1-2H3. The van der Waals surface area contributed by atoms with Crippen LogP contribution in [0.2, 0.25) is 0 Å². The Labute approximate surface area is 183 Å². The van der Waals surface area contributed by atoms with E-state index in [4.69, 9.17) is 4.74 Å². The molecule has 4 nitrogen and oxygen atoms in total. The monoisotopic (exact) mass is 411 g/mol. The molecule has 0 aliphatic carbocycles. The molecule has 0 spiro atoms. The van der Waals surface area contributed by atoms with Gasteiger partial charge in [0.1, 0.15) is 0 Å². The number of hydrogen-bond acceptors (Lipinski definition) is 4. The number of hydrogen-bond donors (Lipinski definition) is 0. The number of aromatic nitrogens is 3. The molecular weight excluding hydrogens is 370 g/mol. The molecule has 166 valence electrons. The van der Waals surface area contributed by atoms with Gasteiger partial charge >= 0.3 is 0 Å². The predicted octanol–water partition coefficient (Wildman–Crippen LogP) is 7.57. The molecular formula is C26H41N3O. The van der Waals surface area contributed by atoms with Crippen LogP contribution >= 0.6 is 0 Å². The Bertz CT molecular complexity index is 655. The van der Waals surface area contributed by atoms with E-state index in [1.54, 1.807) is 12.4 Å². The van der Waals surface area contributed by atoms with E-state index >= 15 is 0 Å². The van der Waals surface area contributed by atoms with Gasteiger partial charge in [0.05, 0.1) is 19.0 Å². The minimum absolute atomic E-state index is 0.705. The van der Waals surface area contributed by atoms with Crippen molar-refractivity contribution in [1.29, 1.82) is 0 Å². The van der Waals surface area contributed by atoms with Crippen LogP contribution in [0.3, 0.4) is 0 Å². The number of nitrogens with zero attached hydrogens (tertiary/aromatic N) is 3. The zero-order valence-corrected chi connectivity index (χ0v) is 19.2.